The van der Waals surface area contributed by atoms with Crippen LogP contribution in [0.4, 0.5) is 5.69 Å². The topological polar surface area (TPSA) is 88.4 Å². The number of benzene rings is 2. The van der Waals surface area contributed by atoms with Crippen molar-refractivity contribution >= 4 is 35.2 Å². The number of hydrogen-bond donors (Lipinski definition) is 1. The number of carbonyl (C=O) groups excluding carboxylic acids is 2. The van der Waals surface area contributed by atoms with Gasteiger partial charge in [0.2, 0.25) is 0 Å². The van der Waals surface area contributed by atoms with Crippen LogP contribution in [0.25, 0.3) is 6.08 Å². The molecule has 0 spiro atoms. The Morgan fingerprint density at radius 1 is 1.15 bits per heavy atom. The van der Waals surface area contributed by atoms with Crippen LogP contribution in [-0.4, -0.2) is 25.6 Å². The Morgan fingerprint density at radius 2 is 1.81 bits per heavy atom. The molecule has 0 aliphatic rings. The summed E-state index contributed by atoms with van der Waals surface area (Å²) in [5.41, 5.74) is 1.12. The second-order valence-corrected chi connectivity index (χ2v) is 5.50. The summed E-state index contributed by atoms with van der Waals surface area (Å²) in [7, 11) is 1.28. The Balaban J connectivity index is 2.05. The molecule has 7 heteroatoms. The average Bonchev–Trinajstić information content (AvgIpc) is 2.66. The van der Waals surface area contributed by atoms with E-state index in [4.69, 9.17) is 16.3 Å². The minimum Gasteiger partial charge on any atom is -0.482 e. The molecule has 0 saturated heterocycles. The van der Waals surface area contributed by atoms with Crippen molar-refractivity contribution in [2.45, 2.75) is 0 Å². The standard InChI is InChI=1S/C19H15ClN2O4/c1-25-18(23)12-26-17-8-2-13(3-9-17)10-14(11-21)19(24)22-16-6-4-15(20)5-7-16/h2-10H,12H2,1H3,(H,22,24)/b14-10-. The Bertz CT molecular complexity index is 853. The van der Waals surface area contributed by atoms with E-state index in [9.17, 15) is 14.9 Å². The summed E-state index contributed by atoms with van der Waals surface area (Å²) < 4.78 is 9.71. The number of anilines is 1. The number of hydrogen-bond acceptors (Lipinski definition) is 5. The fourth-order valence-electron chi connectivity index (χ4n) is 1.91. The third-order valence-electron chi connectivity index (χ3n) is 3.24. The van der Waals surface area contributed by atoms with Gasteiger partial charge < -0.3 is 14.8 Å². The molecular weight excluding hydrogens is 356 g/mol. The van der Waals surface area contributed by atoms with Crippen molar-refractivity contribution < 1.29 is 19.1 Å². The number of nitrogens with one attached hydrogen (secondary N) is 1. The number of halogens is 1. The Labute approximate surface area is 155 Å². The van der Waals surface area contributed by atoms with Crippen molar-refractivity contribution in [1.82, 2.24) is 0 Å². The number of amides is 1. The first kappa shape index (κ1) is 19.0. The molecule has 26 heavy (non-hydrogen) atoms. The van der Waals surface area contributed by atoms with E-state index in [1.165, 1.54) is 13.2 Å². The van der Waals surface area contributed by atoms with Crippen molar-refractivity contribution in [1.29, 1.82) is 5.26 Å². The zero-order valence-corrected chi connectivity index (χ0v) is 14.6. The van der Waals surface area contributed by atoms with Gasteiger partial charge in [0, 0.05) is 10.7 Å². The summed E-state index contributed by atoms with van der Waals surface area (Å²) in [4.78, 5) is 23.2. The number of rotatable bonds is 6. The largest absolute Gasteiger partial charge is 0.482 e. The zero-order chi connectivity index (χ0) is 18.9. The van der Waals surface area contributed by atoms with Gasteiger partial charge in [0.25, 0.3) is 5.91 Å². The molecule has 0 saturated carbocycles. The van der Waals surface area contributed by atoms with Crippen molar-refractivity contribution in [2.75, 3.05) is 19.0 Å². The molecule has 6 nitrogen and oxygen atoms in total. The Morgan fingerprint density at radius 3 is 2.38 bits per heavy atom. The molecule has 1 amide bonds. The quantitative estimate of drug-likeness (QED) is 0.478. The molecule has 2 aromatic rings. The van der Waals surface area contributed by atoms with E-state index in [0.29, 0.717) is 22.0 Å². The van der Waals surface area contributed by atoms with Crippen molar-refractivity contribution in [2.24, 2.45) is 0 Å². The van der Waals surface area contributed by atoms with E-state index in [1.54, 1.807) is 48.5 Å². The van der Waals surface area contributed by atoms with E-state index >= 15 is 0 Å². The SMILES string of the molecule is COC(=O)COc1ccc(/C=C(/C#N)C(=O)Nc2ccc(Cl)cc2)cc1. The minimum absolute atomic E-state index is 0.0526. The van der Waals surface area contributed by atoms with E-state index in [-0.39, 0.29) is 12.2 Å². The summed E-state index contributed by atoms with van der Waals surface area (Å²) in [5.74, 6) is -0.544. The van der Waals surface area contributed by atoms with Crippen LogP contribution in [0.5, 0.6) is 5.75 Å². The lowest BCUT2D eigenvalue weighted by atomic mass is 10.1. The highest BCUT2D eigenvalue weighted by Crippen LogP contribution is 2.17. The first-order valence-electron chi connectivity index (χ1n) is 7.50. The Hall–Kier alpha value is -3.30. The fraction of sp³-hybridized carbons (Fsp3) is 0.105. The molecule has 0 aliphatic heterocycles. The van der Waals surface area contributed by atoms with Gasteiger partial charge >= 0.3 is 5.97 Å². The highest BCUT2D eigenvalue weighted by molar-refractivity contribution is 6.30. The summed E-state index contributed by atoms with van der Waals surface area (Å²) in [6.45, 7) is -0.196. The third-order valence-corrected chi connectivity index (χ3v) is 3.49. The Kier molecular flexibility index (Phi) is 6.77. The van der Waals surface area contributed by atoms with Gasteiger partial charge in [-0.1, -0.05) is 23.7 Å². The highest BCUT2D eigenvalue weighted by Gasteiger charge is 2.10. The van der Waals surface area contributed by atoms with Crippen LogP contribution in [0.15, 0.2) is 54.1 Å². The number of nitrogens with zero attached hydrogens (tertiary/aromatic N) is 1. The van der Waals surface area contributed by atoms with Gasteiger partial charge in [-0.05, 0) is 48.0 Å². The normalized spacial score (nSPS) is 10.6. The predicted octanol–water partition coefficient (Wildman–Crippen LogP) is 3.44. The molecule has 2 aromatic carbocycles. The van der Waals surface area contributed by atoms with Crippen LogP contribution in [0.1, 0.15) is 5.56 Å². The smallest absolute Gasteiger partial charge is 0.343 e. The summed E-state index contributed by atoms with van der Waals surface area (Å²) >= 11 is 5.79. The molecule has 0 unspecified atom stereocenters. The maximum atomic E-state index is 12.2. The van der Waals surface area contributed by atoms with Crippen LogP contribution < -0.4 is 10.1 Å². The molecule has 0 aromatic heterocycles. The zero-order valence-electron chi connectivity index (χ0n) is 13.9. The van der Waals surface area contributed by atoms with E-state index in [2.05, 4.69) is 10.1 Å². The van der Waals surface area contributed by atoms with Gasteiger partial charge in [-0.15, -0.1) is 0 Å². The second kappa shape index (κ2) is 9.25. The number of ether oxygens (including phenoxy) is 2. The molecule has 132 valence electrons. The lowest BCUT2D eigenvalue weighted by Crippen LogP contribution is -2.13. The molecule has 0 radical (unpaired) electrons. The van der Waals surface area contributed by atoms with Gasteiger partial charge in [0.05, 0.1) is 7.11 Å². The maximum absolute atomic E-state index is 12.2. The third kappa shape index (κ3) is 5.65. The van der Waals surface area contributed by atoms with E-state index in [0.717, 1.165) is 0 Å². The van der Waals surface area contributed by atoms with Gasteiger partial charge in [0.15, 0.2) is 6.61 Å². The fourth-order valence-corrected chi connectivity index (χ4v) is 2.03. The predicted molar refractivity (Wildman–Crippen MR) is 97.6 cm³/mol. The molecule has 0 aliphatic carbocycles. The number of methoxy groups -OCH3 is 1. The molecular formula is C19H15ClN2O4. The van der Waals surface area contributed by atoms with Crippen molar-refractivity contribution in [3.8, 4) is 11.8 Å². The van der Waals surface area contributed by atoms with Crippen molar-refractivity contribution in [3.63, 3.8) is 0 Å². The monoisotopic (exact) mass is 370 g/mol. The van der Waals surface area contributed by atoms with Crippen LogP contribution in [0, 0.1) is 11.3 Å². The van der Waals surface area contributed by atoms with Crippen LogP contribution in [-0.2, 0) is 14.3 Å². The lowest BCUT2D eigenvalue weighted by molar-refractivity contribution is -0.142. The lowest BCUT2D eigenvalue weighted by Gasteiger charge is -2.06. The van der Waals surface area contributed by atoms with Gasteiger partial charge in [0.1, 0.15) is 17.4 Å². The summed E-state index contributed by atoms with van der Waals surface area (Å²) in [6.07, 6.45) is 1.45. The van der Waals surface area contributed by atoms with Crippen LogP contribution in [0.3, 0.4) is 0 Å². The van der Waals surface area contributed by atoms with Crippen LogP contribution in [0.2, 0.25) is 5.02 Å². The molecule has 0 bridgehead atoms. The molecule has 2 rings (SSSR count). The first-order chi connectivity index (χ1) is 12.5. The van der Waals surface area contributed by atoms with Crippen molar-refractivity contribution in [3.05, 3.63) is 64.7 Å². The van der Waals surface area contributed by atoms with Crippen LogP contribution >= 0.6 is 11.6 Å². The minimum atomic E-state index is -0.527. The average molecular weight is 371 g/mol. The van der Waals surface area contributed by atoms with Gasteiger partial charge in [-0.25, -0.2) is 4.79 Å². The molecule has 0 heterocycles. The van der Waals surface area contributed by atoms with E-state index < -0.39 is 11.9 Å². The van der Waals surface area contributed by atoms with Gasteiger partial charge in [-0.2, -0.15) is 5.26 Å². The maximum Gasteiger partial charge on any atom is 0.343 e. The summed E-state index contributed by atoms with van der Waals surface area (Å²) in [5, 5.41) is 12.4. The molecule has 1 N–H and O–H groups in total. The molecule has 0 fully saturated rings. The second-order valence-electron chi connectivity index (χ2n) is 5.06. The molecule has 0 atom stereocenters. The first-order valence-corrected chi connectivity index (χ1v) is 7.88. The number of nitriles is 1. The highest BCUT2D eigenvalue weighted by atomic mass is 35.5. The number of esters is 1. The van der Waals surface area contributed by atoms with Gasteiger partial charge in [-0.3, -0.25) is 4.79 Å². The van der Waals surface area contributed by atoms with E-state index in [1.807, 2.05) is 6.07 Å². The summed E-state index contributed by atoms with van der Waals surface area (Å²) in [6, 6.07) is 15.0. The number of carbonyl (C=O) groups is 2.